The molecule has 1 fully saturated rings. The summed E-state index contributed by atoms with van der Waals surface area (Å²) in [5.74, 6) is 0.749. The first-order valence-electron chi connectivity index (χ1n) is 9.47. The number of aryl methyl sites for hydroxylation is 3. The van der Waals surface area contributed by atoms with E-state index in [1.165, 1.54) is 22.3 Å². The zero-order chi connectivity index (χ0) is 19.0. The highest BCUT2D eigenvalue weighted by Crippen LogP contribution is 2.22. The number of ether oxygens (including phenoxy) is 1. The lowest BCUT2D eigenvalue weighted by molar-refractivity contribution is 0.00864. The number of halogens is 1. The van der Waals surface area contributed by atoms with Crippen molar-refractivity contribution in [1.29, 1.82) is 0 Å². The minimum absolute atomic E-state index is 0.302. The average molecular weight is 367 g/mol. The number of alkyl halides is 1. The van der Waals surface area contributed by atoms with Gasteiger partial charge in [-0.1, -0.05) is 29.8 Å². The van der Waals surface area contributed by atoms with Crippen LogP contribution in [0.2, 0.25) is 0 Å². The second-order valence-electron chi connectivity index (χ2n) is 7.68. The van der Waals surface area contributed by atoms with Crippen LogP contribution in [0.15, 0.2) is 36.4 Å². The molecule has 0 saturated carbocycles. The second kappa shape index (κ2) is 7.41. The minimum atomic E-state index is -0.968. The molecule has 1 aromatic heterocycles. The summed E-state index contributed by atoms with van der Waals surface area (Å²) in [6.45, 7) is 8.31. The van der Waals surface area contributed by atoms with Crippen LogP contribution in [-0.2, 0) is 17.9 Å². The van der Waals surface area contributed by atoms with E-state index in [1.807, 2.05) is 0 Å². The molecular formula is C22H26FN3O. The molecule has 1 N–H and O–H groups in total. The highest BCUT2D eigenvalue weighted by molar-refractivity contribution is 5.77. The van der Waals surface area contributed by atoms with Crippen LogP contribution >= 0.6 is 0 Å². The molecule has 4 rings (SSSR count). The number of hydrogen-bond acceptors (Lipinski definition) is 3. The molecule has 1 saturated heterocycles. The van der Waals surface area contributed by atoms with Gasteiger partial charge in [0.2, 0.25) is 0 Å². The number of imidazole rings is 1. The summed E-state index contributed by atoms with van der Waals surface area (Å²) in [5.41, 5.74) is 6.82. The van der Waals surface area contributed by atoms with E-state index in [2.05, 4.69) is 72.0 Å². The lowest BCUT2D eigenvalue weighted by atomic mass is 10.1. The van der Waals surface area contributed by atoms with Crippen molar-refractivity contribution in [3.8, 4) is 0 Å². The average Bonchev–Trinajstić information content (AvgIpc) is 3.18. The molecule has 2 atom stereocenters. The molecule has 1 aliphatic heterocycles. The van der Waals surface area contributed by atoms with Gasteiger partial charge >= 0.3 is 0 Å². The Hall–Kier alpha value is -2.24. The molecule has 4 nitrogen and oxygen atoms in total. The largest absolute Gasteiger partial charge is 0.366 e. The number of aromatic amines is 1. The third-order valence-electron chi connectivity index (χ3n) is 5.38. The zero-order valence-corrected chi connectivity index (χ0v) is 16.1. The van der Waals surface area contributed by atoms with Gasteiger partial charge in [0.25, 0.3) is 0 Å². The summed E-state index contributed by atoms with van der Waals surface area (Å²) >= 11 is 0. The Morgan fingerprint density at radius 2 is 1.85 bits per heavy atom. The number of benzene rings is 2. The summed E-state index contributed by atoms with van der Waals surface area (Å²) in [7, 11) is 0. The van der Waals surface area contributed by atoms with E-state index >= 15 is 0 Å². The number of aromatic nitrogens is 2. The lowest BCUT2D eigenvalue weighted by Crippen LogP contribution is -2.24. The summed E-state index contributed by atoms with van der Waals surface area (Å²) < 4.78 is 20.3. The Morgan fingerprint density at radius 1 is 1.11 bits per heavy atom. The first-order valence-corrected chi connectivity index (χ1v) is 9.47. The number of hydrogen-bond donors (Lipinski definition) is 1. The van der Waals surface area contributed by atoms with Gasteiger partial charge in [-0.15, -0.1) is 0 Å². The fourth-order valence-electron chi connectivity index (χ4n) is 3.62. The van der Waals surface area contributed by atoms with Crippen LogP contribution in [0.5, 0.6) is 0 Å². The van der Waals surface area contributed by atoms with Gasteiger partial charge in [-0.25, -0.2) is 9.37 Å². The quantitative estimate of drug-likeness (QED) is 0.734. The number of H-pyrrole nitrogens is 1. The summed E-state index contributed by atoms with van der Waals surface area (Å²) in [6.07, 6.45) is -1.38. The van der Waals surface area contributed by atoms with Crippen molar-refractivity contribution in [3.63, 3.8) is 0 Å². The number of nitrogens with zero attached hydrogens (tertiary/aromatic N) is 2. The first kappa shape index (κ1) is 18.1. The Kier molecular flexibility index (Phi) is 4.98. The predicted octanol–water partition coefficient (Wildman–Crippen LogP) is 4.23. The summed E-state index contributed by atoms with van der Waals surface area (Å²) in [4.78, 5) is 9.98. The molecule has 0 radical (unpaired) electrons. The van der Waals surface area contributed by atoms with Crippen molar-refractivity contribution in [2.24, 2.45) is 0 Å². The Balaban J connectivity index is 1.36. The van der Waals surface area contributed by atoms with Gasteiger partial charge in [0.05, 0.1) is 11.0 Å². The van der Waals surface area contributed by atoms with Crippen molar-refractivity contribution in [2.45, 2.75) is 46.2 Å². The molecule has 3 aromatic rings. The topological polar surface area (TPSA) is 41.1 Å². The first-order chi connectivity index (χ1) is 13.0. The van der Waals surface area contributed by atoms with Crippen molar-refractivity contribution in [1.82, 2.24) is 14.9 Å². The number of nitrogens with one attached hydrogen (secondary N) is 1. The minimum Gasteiger partial charge on any atom is -0.366 e. The van der Waals surface area contributed by atoms with E-state index in [9.17, 15) is 4.39 Å². The van der Waals surface area contributed by atoms with Gasteiger partial charge in [0.1, 0.15) is 24.7 Å². The molecule has 2 aromatic carbocycles. The molecule has 27 heavy (non-hydrogen) atoms. The summed E-state index contributed by atoms with van der Waals surface area (Å²) in [5, 5.41) is 0. The van der Waals surface area contributed by atoms with Gasteiger partial charge in [-0.05, 0) is 49.6 Å². The maximum absolute atomic E-state index is 14.4. The molecule has 5 heteroatoms. The maximum atomic E-state index is 14.4. The van der Waals surface area contributed by atoms with E-state index in [-0.39, 0.29) is 0 Å². The Morgan fingerprint density at radius 3 is 2.63 bits per heavy atom. The van der Waals surface area contributed by atoms with E-state index in [0.29, 0.717) is 19.7 Å². The van der Waals surface area contributed by atoms with Crippen LogP contribution in [0.25, 0.3) is 11.0 Å². The number of rotatable bonds is 5. The molecule has 0 aliphatic carbocycles. The molecule has 142 valence electrons. The van der Waals surface area contributed by atoms with Gasteiger partial charge < -0.3 is 9.72 Å². The van der Waals surface area contributed by atoms with Gasteiger partial charge in [-0.2, -0.15) is 0 Å². The van der Waals surface area contributed by atoms with Crippen LogP contribution in [-0.4, -0.2) is 40.2 Å². The highest BCUT2D eigenvalue weighted by atomic mass is 19.1. The van der Waals surface area contributed by atoms with Crippen LogP contribution < -0.4 is 0 Å². The van der Waals surface area contributed by atoms with E-state index < -0.39 is 12.3 Å². The van der Waals surface area contributed by atoms with Crippen molar-refractivity contribution in [2.75, 3.05) is 13.1 Å². The van der Waals surface area contributed by atoms with E-state index in [4.69, 9.17) is 4.74 Å². The monoisotopic (exact) mass is 367 g/mol. The van der Waals surface area contributed by atoms with E-state index in [0.717, 1.165) is 23.4 Å². The Labute approximate surface area is 159 Å². The van der Waals surface area contributed by atoms with E-state index in [1.54, 1.807) is 0 Å². The smallest absolute Gasteiger partial charge is 0.140 e. The van der Waals surface area contributed by atoms with Crippen molar-refractivity contribution < 1.29 is 9.13 Å². The molecular weight excluding hydrogens is 341 g/mol. The molecule has 0 bridgehead atoms. The highest BCUT2D eigenvalue weighted by Gasteiger charge is 2.33. The fraction of sp³-hybridized carbons (Fsp3) is 0.409. The second-order valence-corrected chi connectivity index (χ2v) is 7.68. The summed E-state index contributed by atoms with van der Waals surface area (Å²) in [6, 6.07) is 12.6. The molecule has 1 aliphatic rings. The van der Waals surface area contributed by atoms with Gasteiger partial charge in [-0.3, -0.25) is 4.90 Å². The van der Waals surface area contributed by atoms with Crippen LogP contribution in [0, 0.1) is 20.8 Å². The zero-order valence-electron chi connectivity index (χ0n) is 16.1. The number of likely N-dealkylation sites (tertiary alicyclic amines) is 1. The number of fused-ring (bicyclic) bond motifs is 1. The predicted molar refractivity (Wildman–Crippen MR) is 105 cm³/mol. The lowest BCUT2D eigenvalue weighted by Gasteiger charge is -2.15. The molecule has 0 unspecified atom stereocenters. The van der Waals surface area contributed by atoms with Crippen molar-refractivity contribution in [3.05, 3.63) is 64.5 Å². The van der Waals surface area contributed by atoms with Crippen molar-refractivity contribution >= 4 is 11.0 Å². The van der Waals surface area contributed by atoms with Crippen LogP contribution in [0.1, 0.15) is 28.1 Å². The normalized spacial score (nSPS) is 20.6. The molecule has 2 heterocycles. The fourth-order valence-corrected chi connectivity index (χ4v) is 3.62. The van der Waals surface area contributed by atoms with Gasteiger partial charge in [0, 0.05) is 19.6 Å². The molecule has 0 amide bonds. The Bertz CT molecular complexity index is 896. The van der Waals surface area contributed by atoms with Gasteiger partial charge in [0.15, 0.2) is 0 Å². The SMILES string of the molecule is Cc1ccc(CN2C[C@@H](F)[C@@H](OCc3nc4cc(C)c(C)cc4[nH]3)C2)cc1. The third kappa shape index (κ3) is 4.04. The standard InChI is InChI=1S/C22H26FN3O/c1-14-4-6-17(7-5-14)10-26-11-18(23)21(12-26)27-13-22-24-19-8-15(2)16(3)9-20(19)25-22/h4-9,18,21H,10-13H2,1-3H3,(H,24,25)/t18-,21+/m1/s1. The molecule has 0 spiro atoms. The maximum Gasteiger partial charge on any atom is 0.140 e. The third-order valence-corrected chi connectivity index (χ3v) is 5.38. The van der Waals surface area contributed by atoms with Crippen LogP contribution in [0.4, 0.5) is 4.39 Å². The van der Waals surface area contributed by atoms with Crippen LogP contribution in [0.3, 0.4) is 0 Å².